The van der Waals surface area contributed by atoms with Crippen LogP contribution >= 0.6 is 12.2 Å². The van der Waals surface area contributed by atoms with E-state index in [2.05, 4.69) is 34.5 Å². The van der Waals surface area contributed by atoms with Gasteiger partial charge in [0.1, 0.15) is 0 Å². The molecule has 0 amide bonds. The smallest absolute Gasteiger partial charge is 0.284 e. The van der Waals surface area contributed by atoms with Crippen molar-refractivity contribution >= 4 is 12.2 Å². The first-order valence-electron chi connectivity index (χ1n) is 5.43. The van der Waals surface area contributed by atoms with E-state index < -0.39 is 0 Å². The van der Waals surface area contributed by atoms with Gasteiger partial charge in [-0.25, -0.2) is 5.10 Å². The molecule has 4 heteroatoms. The third-order valence-corrected chi connectivity index (χ3v) is 2.61. The van der Waals surface area contributed by atoms with Gasteiger partial charge in [0.05, 0.1) is 0 Å². The lowest BCUT2D eigenvalue weighted by atomic mass is 10.1. The Morgan fingerprint density at radius 3 is 2.56 bits per heavy atom. The number of aryl methyl sites for hydroxylation is 2. The fourth-order valence-electron chi connectivity index (χ4n) is 1.62. The van der Waals surface area contributed by atoms with Gasteiger partial charge in [0.25, 0.3) is 4.84 Å². The lowest BCUT2D eigenvalue weighted by Crippen LogP contribution is -1.89. The lowest BCUT2D eigenvalue weighted by molar-refractivity contribution is 0.471. The molecule has 0 saturated heterocycles. The van der Waals surface area contributed by atoms with Gasteiger partial charge in [0.15, 0.2) is 0 Å². The first kappa shape index (κ1) is 11.1. The van der Waals surface area contributed by atoms with Crippen LogP contribution in [0.1, 0.15) is 24.3 Å². The van der Waals surface area contributed by atoms with Gasteiger partial charge in [0.2, 0.25) is 5.89 Å². The van der Waals surface area contributed by atoms with Crippen LogP contribution in [0.4, 0.5) is 0 Å². The van der Waals surface area contributed by atoms with E-state index in [1.165, 1.54) is 5.56 Å². The molecule has 1 heterocycles. The summed E-state index contributed by atoms with van der Waals surface area (Å²) in [6.07, 6.45) is 4.16. The Bertz CT molecular complexity index is 475. The third-order valence-electron chi connectivity index (χ3n) is 2.43. The molecule has 1 N–H and O–H groups in total. The predicted octanol–water partition coefficient (Wildman–Crippen LogP) is 3.30. The number of benzene rings is 1. The Morgan fingerprint density at radius 2 is 1.88 bits per heavy atom. The minimum absolute atomic E-state index is 0.359. The Labute approximate surface area is 99.5 Å². The third kappa shape index (κ3) is 3.31. The second-order valence-electron chi connectivity index (χ2n) is 3.70. The van der Waals surface area contributed by atoms with Crippen molar-refractivity contribution in [3.63, 3.8) is 0 Å². The number of nitrogens with one attached hydrogen (secondary N) is 1. The number of aromatic nitrogens is 2. The van der Waals surface area contributed by atoms with E-state index in [9.17, 15) is 0 Å². The molecule has 0 aliphatic carbocycles. The molecule has 0 unspecified atom stereocenters. The number of H-pyrrole nitrogens is 1. The normalized spacial score (nSPS) is 10.5. The Morgan fingerprint density at radius 1 is 1.12 bits per heavy atom. The molecule has 3 nitrogen and oxygen atoms in total. The second kappa shape index (κ2) is 5.61. The average molecular weight is 234 g/mol. The van der Waals surface area contributed by atoms with Crippen LogP contribution in [-0.4, -0.2) is 10.2 Å². The van der Waals surface area contributed by atoms with Crippen LogP contribution in [0.25, 0.3) is 0 Å². The minimum atomic E-state index is 0.359. The molecule has 1 aromatic heterocycles. The van der Waals surface area contributed by atoms with Gasteiger partial charge in [-0.15, -0.1) is 5.10 Å². The highest BCUT2D eigenvalue weighted by atomic mass is 32.1. The summed E-state index contributed by atoms with van der Waals surface area (Å²) in [6, 6.07) is 10.5. The lowest BCUT2D eigenvalue weighted by Gasteiger charge is -1.99. The van der Waals surface area contributed by atoms with E-state index in [1.54, 1.807) is 0 Å². The predicted molar refractivity (Wildman–Crippen MR) is 64.8 cm³/mol. The SMILES string of the molecule is S=c1[nH]nc(CCCCc2ccccc2)o1. The van der Waals surface area contributed by atoms with Crippen molar-refractivity contribution in [2.75, 3.05) is 0 Å². The van der Waals surface area contributed by atoms with Crippen molar-refractivity contribution in [2.24, 2.45) is 0 Å². The van der Waals surface area contributed by atoms with Crippen LogP contribution < -0.4 is 0 Å². The summed E-state index contributed by atoms with van der Waals surface area (Å²) >= 11 is 4.80. The van der Waals surface area contributed by atoms with Crippen LogP contribution in [0.2, 0.25) is 0 Å². The number of unbranched alkanes of at least 4 members (excludes halogenated alkanes) is 1. The molecule has 0 bridgehead atoms. The largest absolute Gasteiger partial charge is 0.414 e. The van der Waals surface area contributed by atoms with Gasteiger partial charge in [-0.05, 0) is 37.0 Å². The van der Waals surface area contributed by atoms with E-state index in [-0.39, 0.29) is 0 Å². The first-order valence-corrected chi connectivity index (χ1v) is 5.84. The fraction of sp³-hybridized carbons (Fsp3) is 0.333. The molecule has 2 aromatic rings. The maximum absolute atomic E-state index is 5.18. The van der Waals surface area contributed by atoms with E-state index in [4.69, 9.17) is 16.6 Å². The van der Waals surface area contributed by atoms with Gasteiger partial charge >= 0.3 is 0 Å². The summed E-state index contributed by atoms with van der Waals surface area (Å²) in [7, 11) is 0. The van der Waals surface area contributed by atoms with Crippen molar-refractivity contribution in [3.05, 3.63) is 46.6 Å². The second-order valence-corrected chi connectivity index (χ2v) is 4.07. The first-order chi connectivity index (χ1) is 7.84. The zero-order chi connectivity index (χ0) is 11.2. The zero-order valence-corrected chi connectivity index (χ0v) is 9.80. The maximum atomic E-state index is 5.18. The molecule has 1 aromatic carbocycles. The quantitative estimate of drug-likeness (QED) is 0.637. The molecule has 2 rings (SSSR count). The van der Waals surface area contributed by atoms with E-state index in [1.807, 2.05) is 6.07 Å². The van der Waals surface area contributed by atoms with E-state index in [0.717, 1.165) is 25.7 Å². The Hall–Kier alpha value is -1.42. The highest BCUT2D eigenvalue weighted by Crippen LogP contribution is 2.07. The number of hydrogen-bond donors (Lipinski definition) is 1. The molecule has 0 radical (unpaired) electrons. The number of rotatable bonds is 5. The Balaban J connectivity index is 1.71. The molecule has 0 atom stereocenters. The standard InChI is InChI=1S/C12H14N2OS/c16-12-14-13-11(15-12)9-5-4-8-10-6-2-1-3-7-10/h1-3,6-7H,4-5,8-9H2,(H,14,16). The van der Waals surface area contributed by atoms with E-state index in [0.29, 0.717) is 10.7 Å². The van der Waals surface area contributed by atoms with Crippen LogP contribution in [0.3, 0.4) is 0 Å². The van der Waals surface area contributed by atoms with Crippen molar-refractivity contribution in [1.82, 2.24) is 10.2 Å². The molecule has 16 heavy (non-hydrogen) atoms. The molecular weight excluding hydrogens is 220 g/mol. The number of aromatic amines is 1. The molecule has 0 aliphatic heterocycles. The maximum Gasteiger partial charge on any atom is 0.284 e. The van der Waals surface area contributed by atoms with Gasteiger partial charge < -0.3 is 4.42 Å². The van der Waals surface area contributed by atoms with Gasteiger partial charge in [-0.1, -0.05) is 30.3 Å². The van der Waals surface area contributed by atoms with Crippen LogP contribution in [0, 0.1) is 4.84 Å². The van der Waals surface area contributed by atoms with Gasteiger partial charge in [0, 0.05) is 6.42 Å². The number of hydrogen-bond acceptors (Lipinski definition) is 3. The van der Waals surface area contributed by atoms with Gasteiger partial charge in [-0.2, -0.15) is 0 Å². The number of nitrogens with zero attached hydrogens (tertiary/aromatic N) is 1. The van der Waals surface area contributed by atoms with Crippen molar-refractivity contribution in [1.29, 1.82) is 0 Å². The molecule has 0 spiro atoms. The van der Waals surface area contributed by atoms with Crippen LogP contribution in [-0.2, 0) is 12.8 Å². The van der Waals surface area contributed by atoms with Crippen molar-refractivity contribution in [3.8, 4) is 0 Å². The van der Waals surface area contributed by atoms with Crippen molar-refractivity contribution in [2.45, 2.75) is 25.7 Å². The molecule has 84 valence electrons. The summed E-state index contributed by atoms with van der Waals surface area (Å²) in [4.78, 5) is 0.359. The highest BCUT2D eigenvalue weighted by Gasteiger charge is 1.99. The summed E-state index contributed by atoms with van der Waals surface area (Å²) in [5.41, 5.74) is 1.38. The highest BCUT2D eigenvalue weighted by molar-refractivity contribution is 7.71. The summed E-state index contributed by atoms with van der Waals surface area (Å²) in [5, 5.41) is 6.59. The van der Waals surface area contributed by atoms with Gasteiger partial charge in [-0.3, -0.25) is 0 Å². The fourth-order valence-corrected chi connectivity index (χ4v) is 1.76. The Kier molecular flexibility index (Phi) is 3.88. The topological polar surface area (TPSA) is 41.8 Å². The minimum Gasteiger partial charge on any atom is -0.414 e. The molecule has 0 saturated carbocycles. The average Bonchev–Trinajstić information content (AvgIpc) is 2.72. The summed E-state index contributed by atoms with van der Waals surface area (Å²) in [5.74, 6) is 0.707. The molecular formula is C12H14N2OS. The van der Waals surface area contributed by atoms with Crippen LogP contribution in [0.5, 0.6) is 0 Å². The van der Waals surface area contributed by atoms with Crippen molar-refractivity contribution < 1.29 is 4.42 Å². The van der Waals surface area contributed by atoms with E-state index >= 15 is 0 Å². The van der Waals surface area contributed by atoms with Crippen LogP contribution in [0.15, 0.2) is 34.7 Å². The summed E-state index contributed by atoms with van der Waals surface area (Å²) < 4.78 is 5.18. The zero-order valence-electron chi connectivity index (χ0n) is 8.98. The molecule has 0 fully saturated rings. The molecule has 0 aliphatic rings. The summed E-state index contributed by atoms with van der Waals surface area (Å²) in [6.45, 7) is 0. The monoisotopic (exact) mass is 234 g/mol.